The lowest BCUT2D eigenvalue weighted by molar-refractivity contribution is -0.144. The molecule has 0 aliphatic carbocycles. The largest absolute Gasteiger partial charge is 0.480 e. The van der Waals surface area contributed by atoms with Gasteiger partial charge in [-0.3, -0.25) is 19.2 Å². The zero-order chi connectivity index (χ0) is 22.0. The Bertz CT molecular complexity index is 593. The molecule has 0 bridgehead atoms. The van der Waals surface area contributed by atoms with Gasteiger partial charge in [-0.2, -0.15) is 0 Å². The van der Waals surface area contributed by atoms with E-state index in [-0.39, 0.29) is 24.8 Å². The smallest absolute Gasteiger partial charge is 0.326 e. The first-order valence-corrected chi connectivity index (χ1v) is 9.00. The SMILES string of the molecule is CC(C)CC(NC(=O)C(NC(=O)CN)C(C)C)C(=O)NC(CC(N)=O)C(=O)O. The molecule has 0 aliphatic rings. The molecule has 8 N–H and O–H groups in total. The summed E-state index contributed by atoms with van der Waals surface area (Å²) < 4.78 is 0. The highest BCUT2D eigenvalue weighted by atomic mass is 16.4. The van der Waals surface area contributed by atoms with Crippen molar-refractivity contribution in [3.8, 4) is 0 Å². The molecule has 0 aliphatic heterocycles. The minimum atomic E-state index is -1.51. The average molecular weight is 401 g/mol. The number of carboxylic acid groups (broad SMARTS) is 1. The highest BCUT2D eigenvalue weighted by molar-refractivity contribution is 5.94. The fourth-order valence-corrected chi connectivity index (χ4v) is 2.41. The number of nitrogens with two attached hydrogens (primary N) is 2. The van der Waals surface area contributed by atoms with Gasteiger partial charge in [-0.1, -0.05) is 27.7 Å². The maximum Gasteiger partial charge on any atom is 0.326 e. The highest BCUT2D eigenvalue weighted by Crippen LogP contribution is 2.09. The van der Waals surface area contributed by atoms with E-state index in [9.17, 15) is 24.0 Å². The third-order valence-electron chi connectivity index (χ3n) is 3.81. The van der Waals surface area contributed by atoms with Crippen LogP contribution in [0.4, 0.5) is 0 Å². The summed E-state index contributed by atoms with van der Waals surface area (Å²) in [5.74, 6) is -4.47. The van der Waals surface area contributed by atoms with Crippen molar-refractivity contribution < 1.29 is 29.1 Å². The fraction of sp³-hybridized carbons (Fsp3) is 0.706. The number of aliphatic carboxylic acids is 1. The summed E-state index contributed by atoms with van der Waals surface area (Å²) in [4.78, 5) is 58.9. The lowest BCUT2D eigenvalue weighted by Gasteiger charge is -2.26. The Hall–Kier alpha value is -2.69. The van der Waals surface area contributed by atoms with Crippen LogP contribution in [0.25, 0.3) is 0 Å². The van der Waals surface area contributed by atoms with Crippen LogP contribution < -0.4 is 27.4 Å². The molecule has 0 rings (SSSR count). The van der Waals surface area contributed by atoms with Gasteiger partial charge in [0, 0.05) is 0 Å². The van der Waals surface area contributed by atoms with E-state index in [1.165, 1.54) is 0 Å². The van der Waals surface area contributed by atoms with E-state index in [1.807, 2.05) is 13.8 Å². The van der Waals surface area contributed by atoms with E-state index < -0.39 is 54.1 Å². The van der Waals surface area contributed by atoms with E-state index in [2.05, 4.69) is 16.0 Å². The van der Waals surface area contributed by atoms with E-state index in [1.54, 1.807) is 13.8 Å². The number of hydrogen-bond donors (Lipinski definition) is 6. The second-order valence-corrected chi connectivity index (χ2v) is 7.25. The molecule has 160 valence electrons. The zero-order valence-corrected chi connectivity index (χ0v) is 16.7. The lowest BCUT2D eigenvalue weighted by atomic mass is 9.99. The molecular weight excluding hydrogens is 370 g/mol. The van der Waals surface area contributed by atoms with Crippen molar-refractivity contribution in [1.29, 1.82) is 0 Å². The molecule has 0 radical (unpaired) electrons. The van der Waals surface area contributed by atoms with Crippen LogP contribution in [0.5, 0.6) is 0 Å². The first kappa shape index (κ1) is 25.3. The van der Waals surface area contributed by atoms with Crippen LogP contribution in [0.1, 0.15) is 40.5 Å². The van der Waals surface area contributed by atoms with Crippen molar-refractivity contribution in [1.82, 2.24) is 16.0 Å². The molecular formula is C17H31N5O6. The Balaban J connectivity index is 5.35. The maximum atomic E-state index is 12.6. The molecule has 11 nitrogen and oxygen atoms in total. The van der Waals surface area contributed by atoms with Crippen molar-refractivity contribution in [2.75, 3.05) is 6.54 Å². The van der Waals surface area contributed by atoms with Crippen molar-refractivity contribution in [2.24, 2.45) is 23.3 Å². The van der Waals surface area contributed by atoms with Gasteiger partial charge in [-0.05, 0) is 18.3 Å². The van der Waals surface area contributed by atoms with Gasteiger partial charge in [0.15, 0.2) is 0 Å². The third-order valence-corrected chi connectivity index (χ3v) is 3.81. The maximum absolute atomic E-state index is 12.6. The summed E-state index contributed by atoms with van der Waals surface area (Å²) in [5.41, 5.74) is 10.3. The molecule has 0 heterocycles. The standard InChI is InChI=1S/C17H31N5O6/c1-8(2)5-10(15(25)21-11(17(27)28)6-12(19)23)20-16(26)14(9(3)4)22-13(24)7-18/h8-11,14H,5-7,18H2,1-4H3,(H2,19,23)(H,20,26)(H,21,25)(H,22,24)(H,27,28). The first-order chi connectivity index (χ1) is 12.9. The number of rotatable bonds is 12. The van der Waals surface area contributed by atoms with Crippen LogP contribution in [0.2, 0.25) is 0 Å². The van der Waals surface area contributed by atoms with E-state index in [0.717, 1.165) is 0 Å². The van der Waals surface area contributed by atoms with Crippen LogP contribution in [-0.4, -0.2) is 59.4 Å². The monoisotopic (exact) mass is 401 g/mol. The molecule has 0 aromatic carbocycles. The molecule has 0 spiro atoms. The quantitative estimate of drug-likeness (QED) is 0.219. The van der Waals surface area contributed by atoms with Gasteiger partial charge in [-0.15, -0.1) is 0 Å². The van der Waals surface area contributed by atoms with Gasteiger partial charge in [0.05, 0.1) is 13.0 Å². The Morgan fingerprint density at radius 1 is 0.893 bits per heavy atom. The van der Waals surface area contributed by atoms with Crippen molar-refractivity contribution in [3.63, 3.8) is 0 Å². The molecule has 4 amide bonds. The van der Waals surface area contributed by atoms with Crippen LogP contribution >= 0.6 is 0 Å². The summed E-state index contributed by atoms with van der Waals surface area (Å²) in [5, 5.41) is 16.4. The molecule has 0 aromatic rings. The van der Waals surface area contributed by atoms with Crippen LogP contribution in [0.3, 0.4) is 0 Å². The van der Waals surface area contributed by atoms with E-state index in [0.29, 0.717) is 0 Å². The topological polar surface area (TPSA) is 194 Å². The first-order valence-electron chi connectivity index (χ1n) is 9.00. The molecule has 0 fully saturated rings. The predicted octanol–water partition coefficient (Wildman–Crippen LogP) is -1.94. The normalized spacial score (nSPS) is 14.1. The number of nitrogens with one attached hydrogen (secondary N) is 3. The lowest BCUT2D eigenvalue weighted by Crippen LogP contribution is -2.57. The summed E-state index contributed by atoms with van der Waals surface area (Å²) in [6, 6.07) is -3.48. The molecule has 3 atom stereocenters. The summed E-state index contributed by atoms with van der Waals surface area (Å²) in [6.45, 7) is 6.78. The Kier molecular flexibility index (Phi) is 10.8. The van der Waals surface area contributed by atoms with Crippen molar-refractivity contribution >= 4 is 29.6 Å². The number of amides is 4. The second-order valence-electron chi connectivity index (χ2n) is 7.25. The predicted molar refractivity (Wildman–Crippen MR) is 101 cm³/mol. The molecule has 0 aromatic heterocycles. The fourth-order valence-electron chi connectivity index (χ4n) is 2.41. The van der Waals surface area contributed by atoms with Crippen molar-refractivity contribution in [3.05, 3.63) is 0 Å². The zero-order valence-electron chi connectivity index (χ0n) is 16.7. The molecule has 11 heteroatoms. The Morgan fingerprint density at radius 3 is 1.82 bits per heavy atom. The highest BCUT2D eigenvalue weighted by Gasteiger charge is 2.31. The van der Waals surface area contributed by atoms with Crippen LogP contribution in [0.15, 0.2) is 0 Å². The number of primary amides is 1. The minimum Gasteiger partial charge on any atom is -0.480 e. The minimum absolute atomic E-state index is 0.00778. The summed E-state index contributed by atoms with van der Waals surface area (Å²) >= 11 is 0. The van der Waals surface area contributed by atoms with Gasteiger partial charge >= 0.3 is 5.97 Å². The number of hydrogen-bond acceptors (Lipinski definition) is 6. The number of carboxylic acids is 1. The third kappa shape index (κ3) is 9.31. The van der Waals surface area contributed by atoms with Gasteiger partial charge in [0.2, 0.25) is 23.6 Å². The van der Waals surface area contributed by atoms with Crippen LogP contribution in [-0.2, 0) is 24.0 Å². The molecule has 0 saturated carbocycles. The Labute approximate surface area is 164 Å². The van der Waals surface area contributed by atoms with Crippen molar-refractivity contribution in [2.45, 2.75) is 58.7 Å². The summed E-state index contributed by atoms with van der Waals surface area (Å²) in [7, 11) is 0. The van der Waals surface area contributed by atoms with Gasteiger partial charge in [-0.25, -0.2) is 4.79 Å². The van der Waals surface area contributed by atoms with Crippen LogP contribution in [0, 0.1) is 11.8 Å². The number of carbonyl (C=O) groups excluding carboxylic acids is 4. The van der Waals surface area contributed by atoms with Gasteiger partial charge in [0.25, 0.3) is 0 Å². The molecule has 3 unspecified atom stereocenters. The average Bonchev–Trinajstić information content (AvgIpc) is 2.56. The second kappa shape index (κ2) is 11.9. The molecule has 0 saturated heterocycles. The molecule has 28 heavy (non-hydrogen) atoms. The number of carbonyl (C=O) groups is 5. The van der Waals surface area contributed by atoms with Gasteiger partial charge in [0.1, 0.15) is 18.1 Å². The van der Waals surface area contributed by atoms with E-state index in [4.69, 9.17) is 16.6 Å². The summed E-state index contributed by atoms with van der Waals surface area (Å²) in [6.07, 6.45) is -0.360. The van der Waals surface area contributed by atoms with E-state index >= 15 is 0 Å². The Morgan fingerprint density at radius 2 is 1.43 bits per heavy atom. The van der Waals surface area contributed by atoms with Gasteiger partial charge < -0.3 is 32.5 Å².